The van der Waals surface area contributed by atoms with Gasteiger partial charge in [-0.1, -0.05) is 16.8 Å². The van der Waals surface area contributed by atoms with Gasteiger partial charge in [-0.3, -0.25) is 9.48 Å². The average Bonchev–Trinajstić information content (AvgIpc) is 2.95. The first-order chi connectivity index (χ1) is 9.97. The Bertz CT molecular complexity index is 635. The fraction of sp³-hybridized carbons (Fsp3) is 0.538. The molecule has 1 N–H and O–H groups in total. The largest absolute Gasteiger partial charge is 0.481 e. The number of carbonyl (C=O) groups is 1. The maximum Gasteiger partial charge on any atom is 0.303 e. The summed E-state index contributed by atoms with van der Waals surface area (Å²) in [7, 11) is 1.85. The average molecular weight is 312 g/mol. The van der Waals surface area contributed by atoms with Gasteiger partial charge in [0.1, 0.15) is 0 Å². The van der Waals surface area contributed by atoms with Gasteiger partial charge in [0, 0.05) is 19.7 Å². The van der Waals surface area contributed by atoms with E-state index in [-0.39, 0.29) is 6.42 Å². The molecule has 114 valence electrons. The van der Waals surface area contributed by atoms with Crippen molar-refractivity contribution < 1.29 is 9.90 Å². The Kier molecular flexibility index (Phi) is 4.95. The van der Waals surface area contributed by atoms with Crippen LogP contribution in [0.3, 0.4) is 0 Å². The van der Waals surface area contributed by atoms with Crippen LogP contribution in [0.5, 0.6) is 0 Å². The van der Waals surface area contributed by atoms with E-state index in [4.69, 9.17) is 16.7 Å². The molecule has 0 amide bonds. The molecule has 0 atom stereocenters. The first-order valence-corrected chi connectivity index (χ1v) is 7.14. The summed E-state index contributed by atoms with van der Waals surface area (Å²) < 4.78 is 3.46. The number of unbranched alkanes of at least 4 members (excludes halogenated alkanes) is 1. The molecule has 2 rings (SSSR count). The normalized spacial score (nSPS) is 11.0. The van der Waals surface area contributed by atoms with E-state index >= 15 is 0 Å². The third kappa shape index (κ3) is 4.04. The van der Waals surface area contributed by atoms with Crippen LogP contribution >= 0.6 is 11.6 Å². The van der Waals surface area contributed by atoms with E-state index in [0.717, 1.165) is 29.9 Å². The van der Waals surface area contributed by atoms with Crippen molar-refractivity contribution in [3.05, 3.63) is 28.3 Å². The Morgan fingerprint density at radius 1 is 1.43 bits per heavy atom. The highest BCUT2D eigenvalue weighted by atomic mass is 35.5. The highest BCUT2D eigenvalue weighted by molar-refractivity contribution is 6.31. The number of hydrogen-bond donors (Lipinski definition) is 1. The summed E-state index contributed by atoms with van der Waals surface area (Å²) in [5.74, 6) is -0.764. The van der Waals surface area contributed by atoms with Crippen molar-refractivity contribution in [2.24, 2.45) is 7.05 Å². The third-order valence-corrected chi connectivity index (χ3v) is 3.72. The van der Waals surface area contributed by atoms with Crippen LogP contribution in [-0.2, 0) is 24.8 Å². The van der Waals surface area contributed by atoms with E-state index in [2.05, 4.69) is 15.4 Å². The standard InChI is InChI=1S/C13H18ClN5O2/c1-9-13(14)11(18(2)16-9)8-19-7-10(15-17-19)5-3-4-6-12(20)21/h7H,3-6,8H2,1-2H3,(H,20,21). The number of hydrogen-bond acceptors (Lipinski definition) is 4. The minimum Gasteiger partial charge on any atom is -0.481 e. The third-order valence-electron chi connectivity index (χ3n) is 3.23. The zero-order valence-corrected chi connectivity index (χ0v) is 12.8. The quantitative estimate of drug-likeness (QED) is 0.788. The van der Waals surface area contributed by atoms with Gasteiger partial charge in [0.25, 0.3) is 0 Å². The van der Waals surface area contributed by atoms with Crippen molar-refractivity contribution >= 4 is 17.6 Å². The second kappa shape index (κ2) is 6.71. The molecule has 0 aromatic carbocycles. The minimum absolute atomic E-state index is 0.193. The number of carboxylic acid groups (broad SMARTS) is 1. The molecule has 7 nitrogen and oxygen atoms in total. The molecular formula is C13H18ClN5O2. The van der Waals surface area contributed by atoms with Crippen LogP contribution in [0.25, 0.3) is 0 Å². The smallest absolute Gasteiger partial charge is 0.303 e. The molecule has 0 aliphatic rings. The van der Waals surface area contributed by atoms with E-state index in [1.165, 1.54) is 0 Å². The van der Waals surface area contributed by atoms with Crippen LogP contribution < -0.4 is 0 Å². The van der Waals surface area contributed by atoms with E-state index in [1.807, 2.05) is 20.2 Å². The van der Waals surface area contributed by atoms with Crippen LogP contribution in [0.1, 0.15) is 36.3 Å². The summed E-state index contributed by atoms with van der Waals surface area (Å²) in [5, 5.41) is 21.6. The van der Waals surface area contributed by atoms with Gasteiger partial charge in [0.2, 0.25) is 0 Å². The maximum absolute atomic E-state index is 10.4. The predicted molar refractivity (Wildman–Crippen MR) is 77.3 cm³/mol. The van der Waals surface area contributed by atoms with Gasteiger partial charge in [-0.2, -0.15) is 5.10 Å². The van der Waals surface area contributed by atoms with Crippen LogP contribution in [-0.4, -0.2) is 35.9 Å². The fourth-order valence-corrected chi connectivity index (χ4v) is 2.34. The second-order valence-corrected chi connectivity index (χ2v) is 5.36. The number of nitrogens with zero attached hydrogens (tertiary/aromatic N) is 5. The molecule has 2 aromatic heterocycles. The Morgan fingerprint density at radius 3 is 2.81 bits per heavy atom. The van der Waals surface area contributed by atoms with Crippen LogP contribution in [0.4, 0.5) is 0 Å². The molecule has 0 saturated heterocycles. The highest BCUT2D eigenvalue weighted by Gasteiger charge is 2.12. The molecule has 8 heteroatoms. The topological polar surface area (TPSA) is 85.8 Å². The lowest BCUT2D eigenvalue weighted by atomic mass is 10.1. The highest BCUT2D eigenvalue weighted by Crippen LogP contribution is 2.20. The molecule has 0 radical (unpaired) electrons. The predicted octanol–water partition coefficient (Wildman–Crippen LogP) is 1.82. The number of aromatic nitrogens is 5. The summed E-state index contributed by atoms with van der Waals surface area (Å²) in [6, 6.07) is 0. The minimum atomic E-state index is -0.764. The summed E-state index contributed by atoms with van der Waals surface area (Å²) in [6.07, 6.45) is 4.22. The Labute approximate surface area is 127 Å². The lowest BCUT2D eigenvalue weighted by Gasteiger charge is -2.02. The Hall–Kier alpha value is -1.89. The lowest BCUT2D eigenvalue weighted by molar-refractivity contribution is -0.137. The molecule has 0 aliphatic carbocycles. The van der Waals surface area contributed by atoms with Gasteiger partial charge in [-0.15, -0.1) is 5.10 Å². The van der Waals surface area contributed by atoms with E-state index < -0.39 is 5.97 Å². The molecular weight excluding hydrogens is 294 g/mol. The zero-order chi connectivity index (χ0) is 15.4. The number of carboxylic acids is 1. The van der Waals surface area contributed by atoms with E-state index in [0.29, 0.717) is 18.0 Å². The molecule has 21 heavy (non-hydrogen) atoms. The maximum atomic E-state index is 10.4. The van der Waals surface area contributed by atoms with E-state index in [9.17, 15) is 4.79 Å². The van der Waals surface area contributed by atoms with Crippen LogP contribution in [0.15, 0.2) is 6.20 Å². The number of aliphatic carboxylic acids is 1. The summed E-state index contributed by atoms with van der Waals surface area (Å²) in [4.78, 5) is 10.4. The lowest BCUT2D eigenvalue weighted by Crippen LogP contribution is -2.06. The molecule has 0 saturated carbocycles. The second-order valence-electron chi connectivity index (χ2n) is 4.98. The monoisotopic (exact) mass is 311 g/mol. The fourth-order valence-electron chi connectivity index (χ4n) is 2.12. The van der Waals surface area contributed by atoms with Gasteiger partial charge >= 0.3 is 5.97 Å². The van der Waals surface area contributed by atoms with Crippen molar-refractivity contribution in [2.45, 2.75) is 39.2 Å². The molecule has 0 spiro atoms. The van der Waals surface area contributed by atoms with Gasteiger partial charge in [0.15, 0.2) is 0 Å². The number of rotatable bonds is 7. The van der Waals surface area contributed by atoms with Crippen LogP contribution in [0, 0.1) is 6.92 Å². The molecule has 2 heterocycles. The summed E-state index contributed by atoms with van der Waals surface area (Å²) in [6.45, 7) is 2.37. The Morgan fingerprint density at radius 2 is 2.19 bits per heavy atom. The Balaban J connectivity index is 1.92. The van der Waals surface area contributed by atoms with Crippen molar-refractivity contribution in [1.29, 1.82) is 0 Å². The zero-order valence-electron chi connectivity index (χ0n) is 12.1. The van der Waals surface area contributed by atoms with Gasteiger partial charge in [-0.25, -0.2) is 4.68 Å². The first-order valence-electron chi connectivity index (χ1n) is 6.76. The van der Waals surface area contributed by atoms with E-state index in [1.54, 1.807) is 9.36 Å². The van der Waals surface area contributed by atoms with Crippen molar-refractivity contribution in [3.8, 4) is 0 Å². The molecule has 0 unspecified atom stereocenters. The SMILES string of the molecule is Cc1nn(C)c(Cn2cc(CCCCC(=O)O)nn2)c1Cl. The molecule has 0 aliphatic heterocycles. The van der Waals surface area contributed by atoms with Crippen molar-refractivity contribution in [3.63, 3.8) is 0 Å². The van der Waals surface area contributed by atoms with Crippen molar-refractivity contribution in [1.82, 2.24) is 24.8 Å². The van der Waals surface area contributed by atoms with Gasteiger partial charge in [0.05, 0.1) is 28.6 Å². The molecule has 2 aromatic rings. The number of halogens is 1. The summed E-state index contributed by atoms with van der Waals surface area (Å²) in [5.41, 5.74) is 2.54. The van der Waals surface area contributed by atoms with Crippen molar-refractivity contribution in [2.75, 3.05) is 0 Å². The summed E-state index contributed by atoms with van der Waals surface area (Å²) >= 11 is 6.20. The van der Waals surface area contributed by atoms with Gasteiger partial charge < -0.3 is 5.11 Å². The molecule has 0 fully saturated rings. The van der Waals surface area contributed by atoms with Crippen LogP contribution in [0.2, 0.25) is 5.02 Å². The number of aryl methyl sites for hydroxylation is 3. The van der Waals surface area contributed by atoms with Gasteiger partial charge in [-0.05, 0) is 26.2 Å². The first kappa shape index (κ1) is 15.5. The molecule has 0 bridgehead atoms.